The van der Waals surface area contributed by atoms with E-state index in [9.17, 15) is 19.7 Å². The van der Waals surface area contributed by atoms with Gasteiger partial charge in [-0.1, -0.05) is 42.5 Å². The predicted octanol–water partition coefficient (Wildman–Crippen LogP) is 3.88. The Labute approximate surface area is 161 Å². The van der Waals surface area contributed by atoms with Crippen molar-refractivity contribution in [3.8, 4) is 0 Å². The first-order chi connectivity index (χ1) is 13.5. The van der Waals surface area contributed by atoms with E-state index in [1.807, 2.05) is 6.07 Å². The van der Waals surface area contributed by atoms with E-state index in [2.05, 4.69) is 10.6 Å². The van der Waals surface area contributed by atoms with E-state index in [-0.39, 0.29) is 23.9 Å². The summed E-state index contributed by atoms with van der Waals surface area (Å²) in [6, 6.07) is 21.4. The first kappa shape index (κ1) is 18.8. The van der Waals surface area contributed by atoms with Gasteiger partial charge in [0.2, 0.25) is 5.91 Å². The molecule has 7 heteroatoms. The number of non-ortho nitro benzene ring substituents is 1. The topological polar surface area (TPSA) is 101 Å². The molecule has 140 valence electrons. The molecule has 3 rings (SSSR count). The monoisotopic (exact) mass is 375 g/mol. The van der Waals surface area contributed by atoms with Gasteiger partial charge in [0.1, 0.15) is 0 Å². The van der Waals surface area contributed by atoms with Gasteiger partial charge in [-0.25, -0.2) is 0 Å². The van der Waals surface area contributed by atoms with Crippen LogP contribution in [-0.2, 0) is 4.79 Å². The van der Waals surface area contributed by atoms with Crippen molar-refractivity contribution >= 4 is 28.8 Å². The largest absolute Gasteiger partial charge is 0.376 e. The van der Waals surface area contributed by atoms with Crippen LogP contribution in [0.4, 0.5) is 17.1 Å². The first-order valence-corrected chi connectivity index (χ1v) is 8.51. The van der Waals surface area contributed by atoms with Crippen molar-refractivity contribution in [3.05, 3.63) is 100 Å². The molecule has 0 spiro atoms. The van der Waals surface area contributed by atoms with Gasteiger partial charge in [-0.2, -0.15) is 0 Å². The second kappa shape index (κ2) is 8.59. The Hall–Kier alpha value is -4.00. The summed E-state index contributed by atoms with van der Waals surface area (Å²) in [6.45, 7) is -0.0499. The summed E-state index contributed by atoms with van der Waals surface area (Å²) in [7, 11) is 0. The average Bonchev–Trinajstić information content (AvgIpc) is 2.73. The quantitative estimate of drug-likeness (QED) is 0.371. The number of nitrogens with one attached hydrogen (secondary N) is 2. The number of carbonyl (C=O) groups is 2. The number of ketones is 1. The van der Waals surface area contributed by atoms with E-state index < -0.39 is 4.92 Å². The van der Waals surface area contributed by atoms with Crippen LogP contribution in [0, 0.1) is 10.1 Å². The Bertz CT molecular complexity index is 1000. The summed E-state index contributed by atoms with van der Waals surface area (Å²) < 4.78 is 0. The van der Waals surface area contributed by atoms with Gasteiger partial charge in [-0.15, -0.1) is 0 Å². The third-order valence-corrected chi connectivity index (χ3v) is 4.01. The van der Waals surface area contributed by atoms with Gasteiger partial charge < -0.3 is 10.6 Å². The smallest absolute Gasteiger partial charge is 0.269 e. The van der Waals surface area contributed by atoms with E-state index in [1.165, 1.54) is 24.3 Å². The van der Waals surface area contributed by atoms with E-state index in [4.69, 9.17) is 0 Å². The Morgan fingerprint density at radius 3 is 2.18 bits per heavy atom. The van der Waals surface area contributed by atoms with Crippen LogP contribution in [0.5, 0.6) is 0 Å². The second-order valence-corrected chi connectivity index (χ2v) is 5.95. The molecule has 0 radical (unpaired) electrons. The minimum atomic E-state index is -0.489. The van der Waals surface area contributed by atoms with Gasteiger partial charge in [-0.3, -0.25) is 19.7 Å². The van der Waals surface area contributed by atoms with Gasteiger partial charge in [-0.05, 0) is 24.3 Å². The highest BCUT2D eigenvalue weighted by Crippen LogP contribution is 2.19. The standard InChI is InChI=1S/C21H17N3O4/c25-20(14-22-16-10-12-17(13-11-16)24(27)28)23-19-9-5-4-8-18(19)21(26)15-6-2-1-3-7-15/h1-13,22H,14H2,(H,23,25). The van der Waals surface area contributed by atoms with Crippen LogP contribution < -0.4 is 10.6 Å². The molecule has 0 aliphatic rings. The van der Waals surface area contributed by atoms with Crippen LogP contribution in [0.25, 0.3) is 0 Å². The van der Waals surface area contributed by atoms with E-state index in [1.54, 1.807) is 48.5 Å². The van der Waals surface area contributed by atoms with Crippen molar-refractivity contribution in [2.24, 2.45) is 0 Å². The summed E-state index contributed by atoms with van der Waals surface area (Å²) in [5, 5.41) is 16.3. The number of rotatable bonds is 7. The minimum absolute atomic E-state index is 0.0247. The van der Waals surface area contributed by atoms with E-state index in [0.717, 1.165) is 0 Å². The van der Waals surface area contributed by atoms with Crippen molar-refractivity contribution in [1.82, 2.24) is 0 Å². The molecule has 28 heavy (non-hydrogen) atoms. The fourth-order valence-electron chi connectivity index (χ4n) is 2.61. The number of hydrogen-bond acceptors (Lipinski definition) is 5. The highest BCUT2D eigenvalue weighted by Gasteiger charge is 2.14. The van der Waals surface area contributed by atoms with Crippen LogP contribution >= 0.6 is 0 Å². The van der Waals surface area contributed by atoms with Gasteiger partial charge >= 0.3 is 0 Å². The van der Waals surface area contributed by atoms with Crippen LogP contribution in [-0.4, -0.2) is 23.2 Å². The zero-order valence-corrected chi connectivity index (χ0v) is 14.8. The molecule has 0 bridgehead atoms. The van der Waals surface area contributed by atoms with Crippen molar-refractivity contribution in [2.45, 2.75) is 0 Å². The van der Waals surface area contributed by atoms with Gasteiger partial charge in [0.15, 0.2) is 5.78 Å². The molecular formula is C21H17N3O4. The zero-order valence-electron chi connectivity index (χ0n) is 14.8. The molecule has 0 fully saturated rings. The van der Waals surface area contributed by atoms with Gasteiger partial charge in [0, 0.05) is 28.9 Å². The number of para-hydroxylation sites is 1. The lowest BCUT2D eigenvalue weighted by Gasteiger charge is -2.11. The lowest BCUT2D eigenvalue weighted by atomic mass is 10.0. The van der Waals surface area contributed by atoms with Crippen molar-refractivity contribution in [3.63, 3.8) is 0 Å². The number of benzene rings is 3. The van der Waals surface area contributed by atoms with Crippen LogP contribution in [0.1, 0.15) is 15.9 Å². The molecular weight excluding hydrogens is 358 g/mol. The lowest BCUT2D eigenvalue weighted by molar-refractivity contribution is -0.384. The summed E-state index contributed by atoms with van der Waals surface area (Å²) >= 11 is 0. The molecule has 0 heterocycles. The highest BCUT2D eigenvalue weighted by molar-refractivity contribution is 6.14. The molecule has 3 aromatic rings. The van der Waals surface area contributed by atoms with E-state index in [0.29, 0.717) is 22.5 Å². The first-order valence-electron chi connectivity index (χ1n) is 8.51. The third kappa shape index (κ3) is 4.59. The highest BCUT2D eigenvalue weighted by atomic mass is 16.6. The van der Waals surface area contributed by atoms with Gasteiger partial charge in [0.25, 0.3) is 5.69 Å². The van der Waals surface area contributed by atoms with Crippen LogP contribution in [0.15, 0.2) is 78.9 Å². The molecule has 1 amide bonds. The van der Waals surface area contributed by atoms with Crippen LogP contribution in [0.2, 0.25) is 0 Å². The lowest BCUT2D eigenvalue weighted by Crippen LogP contribution is -2.23. The number of carbonyl (C=O) groups excluding carboxylic acids is 2. The fourth-order valence-corrected chi connectivity index (χ4v) is 2.61. The Kier molecular flexibility index (Phi) is 5.76. The number of nitro benzene ring substituents is 1. The molecule has 0 atom stereocenters. The van der Waals surface area contributed by atoms with E-state index >= 15 is 0 Å². The predicted molar refractivity (Wildman–Crippen MR) is 107 cm³/mol. The molecule has 7 nitrogen and oxygen atoms in total. The van der Waals surface area contributed by atoms with Crippen LogP contribution in [0.3, 0.4) is 0 Å². The third-order valence-electron chi connectivity index (χ3n) is 4.01. The molecule has 2 N–H and O–H groups in total. The number of nitrogens with zero attached hydrogens (tertiary/aromatic N) is 1. The Morgan fingerprint density at radius 1 is 0.857 bits per heavy atom. The van der Waals surface area contributed by atoms with Crippen molar-refractivity contribution in [1.29, 1.82) is 0 Å². The maximum Gasteiger partial charge on any atom is 0.269 e. The zero-order chi connectivity index (χ0) is 19.9. The van der Waals surface area contributed by atoms with Crippen molar-refractivity contribution in [2.75, 3.05) is 17.2 Å². The molecule has 0 aromatic heterocycles. The normalized spacial score (nSPS) is 10.1. The SMILES string of the molecule is O=C(CNc1ccc([N+](=O)[O-])cc1)Nc1ccccc1C(=O)c1ccccc1. The summed E-state index contributed by atoms with van der Waals surface area (Å²) in [6.07, 6.45) is 0. The Morgan fingerprint density at radius 2 is 1.50 bits per heavy atom. The number of anilines is 2. The second-order valence-electron chi connectivity index (χ2n) is 5.95. The van der Waals surface area contributed by atoms with Crippen molar-refractivity contribution < 1.29 is 14.5 Å². The average molecular weight is 375 g/mol. The maximum absolute atomic E-state index is 12.7. The number of amides is 1. The minimum Gasteiger partial charge on any atom is -0.376 e. The van der Waals surface area contributed by atoms with Gasteiger partial charge in [0.05, 0.1) is 17.2 Å². The molecule has 3 aromatic carbocycles. The molecule has 0 aliphatic heterocycles. The number of nitro groups is 1. The number of hydrogen-bond donors (Lipinski definition) is 2. The summed E-state index contributed by atoms with van der Waals surface area (Å²) in [4.78, 5) is 35.1. The summed E-state index contributed by atoms with van der Waals surface area (Å²) in [5.41, 5.74) is 1.91. The Balaban J connectivity index is 1.66. The fraction of sp³-hybridized carbons (Fsp3) is 0.0476. The molecule has 0 unspecified atom stereocenters. The molecule has 0 aliphatic carbocycles. The molecule has 0 saturated carbocycles. The molecule has 0 saturated heterocycles. The summed E-state index contributed by atoms with van der Waals surface area (Å²) in [5.74, 6) is -0.522. The maximum atomic E-state index is 12.7.